The van der Waals surface area contributed by atoms with Crippen LogP contribution < -0.4 is 5.32 Å². The first-order valence-corrected chi connectivity index (χ1v) is 4.15. The van der Waals surface area contributed by atoms with Crippen molar-refractivity contribution in [1.82, 2.24) is 10.2 Å². The molecule has 0 saturated carbocycles. The van der Waals surface area contributed by atoms with Crippen LogP contribution in [-0.2, 0) is 0 Å². The fraction of sp³-hybridized carbons (Fsp3) is 0.625. The molecule has 1 atom stereocenters. The quantitative estimate of drug-likeness (QED) is 0.453. The van der Waals surface area contributed by atoms with Gasteiger partial charge in [0.2, 0.25) is 5.96 Å². The molecular weight excluding hydrogens is 166 g/mol. The molecule has 0 aliphatic carbocycles. The van der Waals surface area contributed by atoms with E-state index in [9.17, 15) is 0 Å². The SMILES string of the molecule is CC(C#N)N1CCCN=C1NC#N. The molecule has 5 nitrogen and oxygen atoms in total. The molecule has 1 unspecified atom stereocenters. The zero-order valence-corrected chi connectivity index (χ0v) is 7.49. The predicted octanol–water partition coefficient (Wildman–Crippen LogP) is 0.0309. The lowest BCUT2D eigenvalue weighted by Gasteiger charge is -2.29. The maximum Gasteiger partial charge on any atom is 0.208 e. The minimum absolute atomic E-state index is 0.236. The molecular formula is C8H11N5. The highest BCUT2D eigenvalue weighted by atomic mass is 15.3. The lowest BCUT2D eigenvalue weighted by molar-refractivity contribution is 0.353. The summed E-state index contributed by atoms with van der Waals surface area (Å²) in [6.45, 7) is 3.29. The lowest BCUT2D eigenvalue weighted by atomic mass is 10.2. The van der Waals surface area contributed by atoms with Crippen molar-refractivity contribution in [2.75, 3.05) is 13.1 Å². The number of hydrogen-bond acceptors (Lipinski definition) is 5. The van der Waals surface area contributed by atoms with E-state index in [4.69, 9.17) is 10.5 Å². The summed E-state index contributed by atoms with van der Waals surface area (Å²) in [7, 11) is 0. The van der Waals surface area contributed by atoms with Crippen LogP contribution in [0.1, 0.15) is 13.3 Å². The molecule has 0 aromatic carbocycles. The number of hydrogen-bond donors (Lipinski definition) is 1. The molecule has 0 saturated heterocycles. The first-order chi connectivity index (χ1) is 6.29. The molecule has 13 heavy (non-hydrogen) atoms. The van der Waals surface area contributed by atoms with Gasteiger partial charge in [0.25, 0.3) is 0 Å². The smallest absolute Gasteiger partial charge is 0.208 e. The maximum atomic E-state index is 8.72. The van der Waals surface area contributed by atoms with Gasteiger partial charge in [0.1, 0.15) is 6.04 Å². The van der Waals surface area contributed by atoms with Crippen LogP contribution >= 0.6 is 0 Å². The van der Waals surface area contributed by atoms with Crippen LogP contribution in [0.4, 0.5) is 0 Å². The third-order valence-electron chi connectivity index (χ3n) is 1.91. The molecule has 0 fully saturated rings. The highest BCUT2D eigenvalue weighted by molar-refractivity contribution is 5.82. The number of rotatable bonds is 1. The van der Waals surface area contributed by atoms with E-state index in [0.717, 1.165) is 19.5 Å². The van der Waals surface area contributed by atoms with Crippen molar-refractivity contribution in [2.24, 2.45) is 4.99 Å². The van der Waals surface area contributed by atoms with E-state index in [1.807, 2.05) is 6.19 Å². The molecule has 1 aliphatic heterocycles. The summed E-state index contributed by atoms with van der Waals surface area (Å²) in [4.78, 5) is 5.93. The number of nitrogens with zero attached hydrogens (tertiary/aromatic N) is 4. The number of nitriles is 2. The topological polar surface area (TPSA) is 75.2 Å². The minimum Gasteiger partial charge on any atom is -0.326 e. The van der Waals surface area contributed by atoms with Crippen molar-refractivity contribution < 1.29 is 0 Å². The molecule has 0 aromatic rings. The zero-order valence-electron chi connectivity index (χ0n) is 7.49. The largest absolute Gasteiger partial charge is 0.326 e. The summed E-state index contributed by atoms with van der Waals surface area (Å²) in [5.41, 5.74) is 0. The van der Waals surface area contributed by atoms with Gasteiger partial charge in [-0.2, -0.15) is 10.5 Å². The Labute approximate surface area is 77.3 Å². The van der Waals surface area contributed by atoms with Crippen molar-refractivity contribution in [3.05, 3.63) is 0 Å². The molecule has 0 aromatic heterocycles. The van der Waals surface area contributed by atoms with E-state index in [2.05, 4.69) is 16.4 Å². The van der Waals surface area contributed by atoms with Crippen molar-refractivity contribution in [2.45, 2.75) is 19.4 Å². The predicted molar refractivity (Wildman–Crippen MR) is 47.4 cm³/mol. The molecule has 0 radical (unpaired) electrons. The van der Waals surface area contributed by atoms with E-state index in [0.29, 0.717) is 5.96 Å². The normalized spacial score (nSPS) is 18.1. The Morgan fingerprint density at radius 3 is 3.00 bits per heavy atom. The molecule has 1 rings (SSSR count). The van der Waals surface area contributed by atoms with Gasteiger partial charge in [0.05, 0.1) is 6.07 Å². The molecule has 68 valence electrons. The summed E-state index contributed by atoms with van der Waals surface area (Å²) in [6.07, 6.45) is 2.75. The van der Waals surface area contributed by atoms with Gasteiger partial charge in [0, 0.05) is 13.1 Å². The second-order valence-corrected chi connectivity index (χ2v) is 2.79. The van der Waals surface area contributed by atoms with Gasteiger partial charge in [-0.1, -0.05) is 0 Å². The van der Waals surface area contributed by atoms with E-state index >= 15 is 0 Å². The first-order valence-electron chi connectivity index (χ1n) is 4.15. The number of nitrogens with one attached hydrogen (secondary N) is 1. The van der Waals surface area contributed by atoms with Crippen molar-refractivity contribution in [1.29, 1.82) is 10.5 Å². The second kappa shape index (κ2) is 4.32. The monoisotopic (exact) mass is 177 g/mol. The third kappa shape index (κ3) is 2.09. The van der Waals surface area contributed by atoms with Crippen LogP contribution in [0.25, 0.3) is 0 Å². The fourth-order valence-electron chi connectivity index (χ4n) is 1.23. The average Bonchev–Trinajstić information content (AvgIpc) is 2.18. The second-order valence-electron chi connectivity index (χ2n) is 2.79. The Balaban J connectivity index is 2.72. The van der Waals surface area contributed by atoms with Crippen LogP contribution in [0.5, 0.6) is 0 Å². The summed E-state index contributed by atoms with van der Waals surface area (Å²) >= 11 is 0. The zero-order chi connectivity index (χ0) is 9.68. The lowest BCUT2D eigenvalue weighted by Crippen LogP contribution is -2.47. The van der Waals surface area contributed by atoms with E-state index in [1.165, 1.54) is 0 Å². The van der Waals surface area contributed by atoms with Crippen LogP contribution in [0, 0.1) is 22.8 Å². The van der Waals surface area contributed by atoms with Crippen LogP contribution in [0.2, 0.25) is 0 Å². The van der Waals surface area contributed by atoms with Crippen LogP contribution in [-0.4, -0.2) is 30.0 Å². The van der Waals surface area contributed by atoms with E-state index in [-0.39, 0.29) is 6.04 Å². The Bertz CT molecular complexity index is 282. The van der Waals surface area contributed by atoms with Gasteiger partial charge < -0.3 is 4.90 Å². The third-order valence-corrected chi connectivity index (χ3v) is 1.91. The average molecular weight is 177 g/mol. The summed E-state index contributed by atoms with van der Waals surface area (Å²) < 4.78 is 0. The minimum atomic E-state index is -0.236. The van der Waals surface area contributed by atoms with Gasteiger partial charge in [0.15, 0.2) is 6.19 Å². The molecule has 1 N–H and O–H groups in total. The molecule has 0 spiro atoms. The van der Waals surface area contributed by atoms with Gasteiger partial charge in [-0.05, 0) is 13.3 Å². The first kappa shape index (κ1) is 9.34. The van der Waals surface area contributed by atoms with E-state index < -0.39 is 0 Å². The standard InChI is InChI=1S/C8H11N5/c1-7(5-9)13-4-2-3-11-8(13)12-6-10/h7H,2-4H2,1H3,(H,11,12). The van der Waals surface area contributed by atoms with Gasteiger partial charge in [-0.3, -0.25) is 10.3 Å². The van der Waals surface area contributed by atoms with Crippen molar-refractivity contribution in [3.8, 4) is 12.3 Å². The maximum absolute atomic E-state index is 8.72. The number of guanidine groups is 1. The number of aliphatic imine (C=N–C) groups is 1. The van der Waals surface area contributed by atoms with Crippen molar-refractivity contribution in [3.63, 3.8) is 0 Å². The Morgan fingerprint density at radius 2 is 2.38 bits per heavy atom. The molecule has 1 aliphatic rings. The molecule has 0 bridgehead atoms. The summed E-state index contributed by atoms with van der Waals surface area (Å²) in [5.74, 6) is 0.516. The highest BCUT2D eigenvalue weighted by Crippen LogP contribution is 2.05. The van der Waals surface area contributed by atoms with Gasteiger partial charge in [-0.25, -0.2) is 0 Å². The van der Waals surface area contributed by atoms with Crippen molar-refractivity contribution >= 4 is 5.96 Å². The molecule has 1 heterocycles. The fourth-order valence-corrected chi connectivity index (χ4v) is 1.23. The Kier molecular flexibility index (Phi) is 3.10. The Morgan fingerprint density at radius 1 is 1.62 bits per heavy atom. The van der Waals surface area contributed by atoms with Crippen LogP contribution in [0.3, 0.4) is 0 Å². The molecule has 0 amide bonds. The Hall–Kier alpha value is -1.75. The highest BCUT2D eigenvalue weighted by Gasteiger charge is 2.19. The van der Waals surface area contributed by atoms with Gasteiger partial charge in [-0.15, -0.1) is 0 Å². The van der Waals surface area contributed by atoms with Gasteiger partial charge >= 0.3 is 0 Å². The van der Waals surface area contributed by atoms with E-state index in [1.54, 1.807) is 11.8 Å². The summed E-state index contributed by atoms with van der Waals surface area (Å²) in [5, 5.41) is 19.6. The van der Waals surface area contributed by atoms with Crippen LogP contribution in [0.15, 0.2) is 4.99 Å². The summed E-state index contributed by atoms with van der Waals surface area (Å²) in [6, 6.07) is 1.88. The molecule has 5 heteroatoms.